The lowest BCUT2D eigenvalue weighted by Crippen LogP contribution is -2.14. The molecule has 16 heavy (non-hydrogen) atoms. The standard InChI is InChI=1S/C13H15ClO2/c14-12-5-2-6-13(11(12)9-15)16-8-7-10-3-1-4-10/h2,5-6,9-10H,1,3-4,7-8H2. The molecule has 0 aliphatic heterocycles. The van der Waals surface area contributed by atoms with Gasteiger partial charge in [0.2, 0.25) is 0 Å². The van der Waals surface area contributed by atoms with Crippen LogP contribution in [0.5, 0.6) is 5.75 Å². The first-order chi connectivity index (χ1) is 7.81. The number of aldehydes is 1. The van der Waals surface area contributed by atoms with Crippen molar-refractivity contribution in [1.82, 2.24) is 0 Å². The van der Waals surface area contributed by atoms with Gasteiger partial charge in [-0.15, -0.1) is 0 Å². The lowest BCUT2D eigenvalue weighted by atomic mass is 9.83. The molecule has 1 aromatic carbocycles. The molecule has 0 spiro atoms. The molecule has 0 unspecified atom stereocenters. The van der Waals surface area contributed by atoms with Gasteiger partial charge in [0.1, 0.15) is 5.75 Å². The maximum absolute atomic E-state index is 10.8. The van der Waals surface area contributed by atoms with Crippen LogP contribution in [0.1, 0.15) is 36.0 Å². The molecule has 1 saturated carbocycles. The summed E-state index contributed by atoms with van der Waals surface area (Å²) in [6.45, 7) is 0.672. The van der Waals surface area contributed by atoms with E-state index in [1.54, 1.807) is 18.2 Å². The van der Waals surface area contributed by atoms with Crippen molar-refractivity contribution in [3.05, 3.63) is 28.8 Å². The van der Waals surface area contributed by atoms with E-state index >= 15 is 0 Å². The molecule has 0 bridgehead atoms. The van der Waals surface area contributed by atoms with E-state index in [4.69, 9.17) is 16.3 Å². The second-order valence-corrected chi connectivity index (χ2v) is 4.61. The molecule has 1 aromatic rings. The van der Waals surface area contributed by atoms with Crippen LogP contribution in [-0.4, -0.2) is 12.9 Å². The summed E-state index contributed by atoms with van der Waals surface area (Å²) in [5.74, 6) is 1.42. The first-order valence-electron chi connectivity index (χ1n) is 5.67. The van der Waals surface area contributed by atoms with Crippen molar-refractivity contribution in [2.24, 2.45) is 5.92 Å². The Balaban J connectivity index is 1.92. The summed E-state index contributed by atoms with van der Waals surface area (Å²) in [6, 6.07) is 5.29. The minimum absolute atomic E-state index is 0.455. The van der Waals surface area contributed by atoms with Gasteiger partial charge in [-0.1, -0.05) is 36.9 Å². The van der Waals surface area contributed by atoms with Crippen LogP contribution in [-0.2, 0) is 0 Å². The molecule has 0 amide bonds. The highest BCUT2D eigenvalue weighted by Gasteiger charge is 2.17. The number of halogens is 1. The molecule has 0 heterocycles. The predicted molar refractivity (Wildman–Crippen MR) is 64.3 cm³/mol. The Kier molecular flexibility index (Phi) is 3.83. The normalized spacial score (nSPS) is 15.6. The number of benzene rings is 1. The van der Waals surface area contributed by atoms with Crippen LogP contribution in [0.4, 0.5) is 0 Å². The SMILES string of the molecule is O=Cc1c(Cl)cccc1OCCC1CCC1. The zero-order valence-corrected chi connectivity index (χ0v) is 9.87. The average molecular weight is 239 g/mol. The third kappa shape index (κ3) is 2.56. The smallest absolute Gasteiger partial charge is 0.155 e. The van der Waals surface area contributed by atoms with Crippen LogP contribution in [0.3, 0.4) is 0 Å². The minimum atomic E-state index is 0.455. The monoisotopic (exact) mass is 238 g/mol. The Morgan fingerprint density at radius 1 is 1.44 bits per heavy atom. The van der Waals surface area contributed by atoms with Gasteiger partial charge in [-0.25, -0.2) is 0 Å². The maximum Gasteiger partial charge on any atom is 0.155 e. The van der Waals surface area contributed by atoms with E-state index in [-0.39, 0.29) is 0 Å². The van der Waals surface area contributed by atoms with Crippen LogP contribution in [0, 0.1) is 5.92 Å². The summed E-state index contributed by atoms with van der Waals surface area (Å²) < 4.78 is 5.60. The molecule has 0 saturated heterocycles. The Morgan fingerprint density at radius 2 is 2.25 bits per heavy atom. The zero-order chi connectivity index (χ0) is 11.4. The van der Waals surface area contributed by atoms with E-state index in [0.29, 0.717) is 22.9 Å². The van der Waals surface area contributed by atoms with Gasteiger partial charge in [0, 0.05) is 0 Å². The Bertz CT molecular complexity index is 372. The lowest BCUT2D eigenvalue weighted by molar-refractivity contribution is 0.111. The summed E-state index contributed by atoms with van der Waals surface area (Å²) in [7, 11) is 0. The summed E-state index contributed by atoms with van der Waals surface area (Å²) >= 11 is 5.90. The van der Waals surface area contributed by atoms with Crippen molar-refractivity contribution in [3.63, 3.8) is 0 Å². The second-order valence-electron chi connectivity index (χ2n) is 4.20. The molecular weight excluding hydrogens is 224 g/mol. The van der Waals surface area contributed by atoms with Crippen molar-refractivity contribution >= 4 is 17.9 Å². The molecule has 0 atom stereocenters. The average Bonchev–Trinajstić information content (AvgIpc) is 2.22. The van der Waals surface area contributed by atoms with E-state index in [1.807, 2.05) is 0 Å². The van der Waals surface area contributed by atoms with Gasteiger partial charge in [-0.2, -0.15) is 0 Å². The molecule has 0 radical (unpaired) electrons. The molecule has 1 aliphatic carbocycles. The predicted octanol–water partition coefficient (Wildman–Crippen LogP) is 3.72. The van der Waals surface area contributed by atoms with Gasteiger partial charge in [0.25, 0.3) is 0 Å². The maximum atomic E-state index is 10.8. The van der Waals surface area contributed by atoms with E-state index in [0.717, 1.165) is 18.6 Å². The lowest BCUT2D eigenvalue weighted by Gasteiger charge is -2.25. The van der Waals surface area contributed by atoms with E-state index in [1.165, 1.54) is 19.3 Å². The first-order valence-corrected chi connectivity index (χ1v) is 6.05. The van der Waals surface area contributed by atoms with Gasteiger partial charge < -0.3 is 4.74 Å². The van der Waals surface area contributed by atoms with Gasteiger partial charge in [0.05, 0.1) is 17.2 Å². The minimum Gasteiger partial charge on any atom is -0.493 e. The topological polar surface area (TPSA) is 26.3 Å². The highest BCUT2D eigenvalue weighted by Crippen LogP contribution is 2.30. The highest BCUT2D eigenvalue weighted by molar-refractivity contribution is 6.33. The third-order valence-electron chi connectivity index (χ3n) is 3.14. The second kappa shape index (κ2) is 5.35. The highest BCUT2D eigenvalue weighted by atomic mass is 35.5. The van der Waals surface area contributed by atoms with Crippen LogP contribution in [0.25, 0.3) is 0 Å². The van der Waals surface area contributed by atoms with Crippen LogP contribution in [0.15, 0.2) is 18.2 Å². The van der Waals surface area contributed by atoms with Gasteiger partial charge in [-0.05, 0) is 24.5 Å². The molecule has 2 rings (SSSR count). The summed E-state index contributed by atoms with van der Waals surface area (Å²) in [6.07, 6.45) is 5.81. The molecule has 0 aromatic heterocycles. The quantitative estimate of drug-likeness (QED) is 0.731. The van der Waals surface area contributed by atoms with Crippen LogP contribution < -0.4 is 4.74 Å². The van der Waals surface area contributed by atoms with Gasteiger partial charge in [-0.3, -0.25) is 4.79 Å². The molecule has 86 valence electrons. The van der Waals surface area contributed by atoms with Crippen molar-refractivity contribution in [2.75, 3.05) is 6.61 Å². The summed E-state index contributed by atoms with van der Waals surface area (Å²) in [5, 5.41) is 0.455. The first kappa shape index (κ1) is 11.5. The third-order valence-corrected chi connectivity index (χ3v) is 3.47. The van der Waals surface area contributed by atoms with E-state index in [2.05, 4.69) is 0 Å². The Hall–Kier alpha value is -1.02. The Morgan fingerprint density at radius 3 is 2.88 bits per heavy atom. The van der Waals surface area contributed by atoms with Crippen LogP contribution >= 0.6 is 11.6 Å². The Labute approximate surface area is 101 Å². The fourth-order valence-corrected chi connectivity index (χ4v) is 2.08. The number of ether oxygens (including phenoxy) is 1. The molecule has 3 heteroatoms. The summed E-state index contributed by atoms with van der Waals surface area (Å²) in [5.41, 5.74) is 0.456. The molecule has 1 aliphatic rings. The number of hydrogen-bond acceptors (Lipinski definition) is 2. The fraction of sp³-hybridized carbons (Fsp3) is 0.462. The van der Waals surface area contributed by atoms with E-state index < -0.39 is 0 Å². The van der Waals surface area contributed by atoms with Crippen molar-refractivity contribution in [1.29, 1.82) is 0 Å². The van der Waals surface area contributed by atoms with Crippen molar-refractivity contribution < 1.29 is 9.53 Å². The summed E-state index contributed by atoms with van der Waals surface area (Å²) in [4.78, 5) is 10.8. The van der Waals surface area contributed by atoms with Crippen LogP contribution in [0.2, 0.25) is 5.02 Å². The van der Waals surface area contributed by atoms with Crippen molar-refractivity contribution in [2.45, 2.75) is 25.7 Å². The number of carbonyl (C=O) groups excluding carboxylic acids is 1. The van der Waals surface area contributed by atoms with E-state index in [9.17, 15) is 4.79 Å². The number of rotatable bonds is 5. The largest absolute Gasteiger partial charge is 0.493 e. The molecule has 0 N–H and O–H groups in total. The van der Waals surface area contributed by atoms with Gasteiger partial charge >= 0.3 is 0 Å². The molecular formula is C13H15ClO2. The fourth-order valence-electron chi connectivity index (χ4n) is 1.87. The zero-order valence-electron chi connectivity index (χ0n) is 9.12. The van der Waals surface area contributed by atoms with Gasteiger partial charge in [0.15, 0.2) is 6.29 Å². The number of hydrogen-bond donors (Lipinski definition) is 0. The molecule has 2 nitrogen and oxygen atoms in total. The van der Waals surface area contributed by atoms with Crippen molar-refractivity contribution in [3.8, 4) is 5.75 Å². The number of carbonyl (C=O) groups is 1. The molecule has 1 fully saturated rings.